The Morgan fingerprint density at radius 3 is 2.69 bits per heavy atom. The van der Waals surface area contributed by atoms with Crippen LogP contribution in [0.25, 0.3) is 0 Å². The number of carbonyl (C=O) groups is 2. The Balaban J connectivity index is 2.13. The van der Waals surface area contributed by atoms with Gasteiger partial charge in [-0.1, -0.05) is 23.3 Å². The van der Waals surface area contributed by atoms with E-state index in [1.807, 2.05) is 26.8 Å². The van der Waals surface area contributed by atoms with Crippen molar-refractivity contribution in [3.05, 3.63) is 46.6 Å². The first kappa shape index (κ1) is 19.3. The van der Waals surface area contributed by atoms with E-state index in [0.29, 0.717) is 17.3 Å². The highest BCUT2D eigenvalue weighted by atomic mass is 35.5. The van der Waals surface area contributed by atoms with Crippen molar-refractivity contribution >= 4 is 35.3 Å². The summed E-state index contributed by atoms with van der Waals surface area (Å²) in [6.45, 7) is 6.00. The van der Waals surface area contributed by atoms with Crippen molar-refractivity contribution in [1.82, 2.24) is 9.55 Å². The van der Waals surface area contributed by atoms with E-state index in [1.54, 1.807) is 18.2 Å². The van der Waals surface area contributed by atoms with E-state index in [0.717, 1.165) is 11.1 Å². The molecule has 0 aliphatic carbocycles. The number of nitrogens with one attached hydrogen (secondary N) is 2. The zero-order valence-corrected chi connectivity index (χ0v) is 15.3. The maximum atomic E-state index is 12.2. The summed E-state index contributed by atoms with van der Waals surface area (Å²) in [6.07, 6.45) is 1.88. The molecule has 8 nitrogen and oxygen atoms in total. The van der Waals surface area contributed by atoms with Gasteiger partial charge in [0.15, 0.2) is 5.82 Å². The Morgan fingerprint density at radius 1 is 1.35 bits per heavy atom. The topological polar surface area (TPSA) is 105 Å². The van der Waals surface area contributed by atoms with Crippen molar-refractivity contribution < 1.29 is 19.4 Å². The Bertz CT molecular complexity index is 856. The third kappa shape index (κ3) is 5.52. The highest BCUT2D eigenvalue weighted by Gasteiger charge is 2.14. The van der Waals surface area contributed by atoms with Crippen LogP contribution in [0.1, 0.15) is 19.4 Å². The fourth-order valence-corrected chi connectivity index (χ4v) is 2.29. The van der Waals surface area contributed by atoms with Gasteiger partial charge in [-0.05, 0) is 44.5 Å². The number of allylic oxidation sites excluding steroid dienone is 2. The molecule has 0 unspecified atom stereocenters. The minimum atomic E-state index is -1.48. The van der Waals surface area contributed by atoms with Crippen LogP contribution < -0.4 is 15.4 Å². The number of aromatic nitrogens is 2. The number of carbonyl (C=O) groups excluding carboxylic acids is 1. The van der Waals surface area contributed by atoms with Gasteiger partial charge in [-0.15, -0.1) is 0 Å². The maximum Gasteiger partial charge on any atom is 0.513 e. The van der Waals surface area contributed by atoms with Crippen LogP contribution in [-0.4, -0.2) is 26.8 Å². The van der Waals surface area contributed by atoms with Crippen LogP contribution >= 0.6 is 11.6 Å². The minimum absolute atomic E-state index is 0.132. The summed E-state index contributed by atoms with van der Waals surface area (Å²) in [4.78, 5) is 26.9. The lowest BCUT2D eigenvalue weighted by atomic mass is 10.2. The van der Waals surface area contributed by atoms with Crippen LogP contribution in [0.2, 0.25) is 5.02 Å². The fourth-order valence-electron chi connectivity index (χ4n) is 2.07. The maximum absolute atomic E-state index is 12.2. The van der Waals surface area contributed by atoms with E-state index in [2.05, 4.69) is 20.4 Å². The molecule has 0 spiro atoms. The van der Waals surface area contributed by atoms with Crippen LogP contribution in [0.4, 0.5) is 21.1 Å². The molecule has 0 atom stereocenters. The molecule has 0 aliphatic rings. The summed E-state index contributed by atoms with van der Waals surface area (Å²) >= 11 is 5.89. The molecule has 9 heteroatoms. The van der Waals surface area contributed by atoms with Crippen molar-refractivity contribution in [3.8, 4) is 6.01 Å². The monoisotopic (exact) mass is 378 g/mol. The van der Waals surface area contributed by atoms with Gasteiger partial charge in [0.1, 0.15) is 0 Å². The fraction of sp³-hybridized carbons (Fsp3) is 0.235. The first-order chi connectivity index (χ1) is 12.2. The lowest BCUT2D eigenvalue weighted by molar-refractivity contribution is 0.138. The predicted octanol–water partition coefficient (Wildman–Crippen LogP) is 4.51. The number of urea groups is 1. The van der Waals surface area contributed by atoms with Gasteiger partial charge in [0.25, 0.3) is 0 Å². The molecule has 3 N–H and O–H groups in total. The predicted molar refractivity (Wildman–Crippen MR) is 99.1 cm³/mol. The van der Waals surface area contributed by atoms with E-state index in [1.165, 1.54) is 10.8 Å². The SMILES string of the molecule is CC(C)=CCn1cc(NC(=O)Nc2ccc(Cl)cc2C)nc1OC(=O)O. The molecule has 0 saturated carbocycles. The molecule has 1 aromatic heterocycles. The van der Waals surface area contributed by atoms with Gasteiger partial charge in [-0.3, -0.25) is 9.88 Å². The van der Waals surface area contributed by atoms with Crippen LogP contribution in [0.3, 0.4) is 0 Å². The third-order valence-electron chi connectivity index (χ3n) is 3.29. The Hall–Kier alpha value is -3.00. The summed E-state index contributed by atoms with van der Waals surface area (Å²) in [5, 5.41) is 14.6. The highest BCUT2D eigenvalue weighted by Crippen LogP contribution is 2.20. The molecule has 0 aliphatic heterocycles. The molecular formula is C17H19ClN4O4. The number of halogens is 1. The van der Waals surface area contributed by atoms with E-state index in [-0.39, 0.29) is 11.8 Å². The summed E-state index contributed by atoms with van der Waals surface area (Å²) in [6, 6.07) is 4.42. The highest BCUT2D eigenvalue weighted by molar-refractivity contribution is 6.30. The van der Waals surface area contributed by atoms with Crippen molar-refractivity contribution in [2.24, 2.45) is 0 Å². The number of imidazole rings is 1. The summed E-state index contributed by atoms with van der Waals surface area (Å²) in [7, 11) is 0. The molecule has 138 valence electrons. The zero-order chi connectivity index (χ0) is 19.3. The molecule has 0 saturated heterocycles. The van der Waals surface area contributed by atoms with Gasteiger partial charge in [-0.2, -0.15) is 4.98 Å². The normalized spacial score (nSPS) is 10.2. The van der Waals surface area contributed by atoms with Gasteiger partial charge >= 0.3 is 18.2 Å². The van der Waals surface area contributed by atoms with Gasteiger partial charge in [0.2, 0.25) is 0 Å². The molecule has 0 fully saturated rings. The molecule has 1 aromatic carbocycles. The number of anilines is 2. The van der Waals surface area contributed by atoms with Crippen LogP contribution in [0.5, 0.6) is 6.01 Å². The molecule has 26 heavy (non-hydrogen) atoms. The second-order valence-corrected chi connectivity index (χ2v) is 6.19. The molecule has 0 bridgehead atoms. The Labute approximate surface area is 155 Å². The first-order valence-corrected chi connectivity index (χ1v) is 8.08. The summed E-state index contributed by atoms with van der Waals surface area (Å²) in [5.74, 6) is 0.160. The molecule has 2 amide bonds. The van der Waals surface area contributed by atoms with E-state index < -0.39 is 12.2 Å². The summed E-state index contributed by atoms with van der Waals surface area (Å²) in [5.41, 5.74) is 2.44. The number of benzene rings is 1. The minimum Gasteiger partial charge on any atom is -0.449 e. The number of hydrogen-bond acceptors (Lipinski definition) is 4. The molecule has 2 aromatic rings. The second-order valence-electron chi connectivity index (χ2n) is 5.75. The van der Waals surface area contributed by atoms with Crippen molar-refractivity contribution in [2.75, 3.05) is 10.6 Å². The van der Waals surface area contributed by atoms with Gasteiger partial charge in [0.05, 0.1) is 6.20 Å². The van der Waals surface area contributed by atoms with Gasteiger partial charge in [0, 0.05) is 17.3 Å². The van der Waals surface area contributed by atoms with Crippen LogP contribution in [0, 0.1) is 6.92 Å². The smallest absolute Gasteiger partial charge is 0.449 e. The molecular weight excluding hydrogens is 360 g/mol. The number of amides is 2. The van der Waals surface area contributed by atoms with Crippen LogP contribution in [0.15, 0.2) is 36.0 Å². The van der Waals surface area contributed by atoms with E-state index in [9.17, 15) is 9.59 Å². The second kappa shape index (κ2) is 8.39. The van der Waals surface area contributed by atoms with Crippen LogP contribution in [-0.2, 0) is 6.54 Å². The Kier molecular flexibility index (Phi) is 6.24. The van der Waals surface area contributed by atoms with Crippen molar-refractivity contribution in [3.63, 3.8) is 0 Å². The first-order valence-electron chi connectivity index (χ1n) is 7.70. The quantitative estimate of drug-likeness (QED) is 0.524. The third-order valence-corrected chi connectivity index (χ3v) is 3.53. The number of hydrogen-bond donors (Lipinski definition) is 3. The van der Waals surface area contributed by atoms with Gasteiger partial charge in [-0.25, -0.2) is 9.59 Å². The number of aryl methyl sites for hydroxylation is 1. The van der Waals surface area contributed by atoms with E-state index >= 15 is 0 Å². The average Bonchev–Trinajstić information content (AvgIpc) is 2.88. The summed E-state index contributed by atoms with van der Waals surface area (Å²) < 4.78 is 6.12. The zero-order valence-electron chi connectivity index (χ0n) is 14.5. The van der Waals surface area contributed by atoms with Gasteiger partial charge < -0.3 is 15.2 Å². The number of ether oxygens (including phenoxy) is 1. The lowest BCUT2D eigenvalue weighted by Crippen LogP contribution is -2.20. The van der Waals surface area contributed by atoms with Crippen molar-refractivity contribution in [1.29, 1.82) is 0 Å². The number of carboxylic acid groups (broad SMARTS) is 1. The van der Waals surface area contributed by atoms with Crippen molar-refractivity contribution in [2.45, 2.75) is 27.3 Å². The largest absolute Gasteiger partial charge is 0.513 e. The molecule has 2 rings (SSSR count). The van der Waals surface area contributed by atoms with E-state index in [4.69, 9.17) is 16.7 Å². The number of nitrogens with zero attached hydrogens (tertiary/aromatic N) is 2. The molecule has 1 heterocycles. The number of rotatable bonds is 5. The molecule has 0 radical (unpaired) electrons. The Morgan fingerprint density at radius 2 is 2.08 bits per heavy atom. The average molecular weight is 379 g/mol. The standard InChI is InChI=1S/C17H19ClN4O4/c1-10(2)6-7-22-9-14(21-16(22)26-17(24)25)20-15(23)19-13-5-4-12(18)8-11(13)3/h4-6,8-9H,7H2,1-3H3,(H,24,25)(H2,19,20,23). The lowest BCUT2D eigenvalue weighted by Gasteiger charge is -2.08.